The van der Waals surface area contributed by atoms with Gasteiger partial charge in [0.05, 0.1) is 5.75 Å². The summed E-state index contributed by atoms with van der Waals surface area (Å²) in [6, 6.07) is 10.3. The summed E-state index contributed by atoms with van der Waals surface area (Å²) in [7, 11) is 0. The Balaban J connectivity index is 1.62. The van der Waals surface area contributed by atoms with Crippen LogP contribution >= 0.6 is 11.8 Å². The van der Waals surface area contributed by atoms with Gasteiger partial charge in [-0.2, -0.15) is 0 Å². The van der Waals surface area contributed by atoms with Gasteiger partial charge in [0.1, 0.15) is 5.82 Å². The summed E-state index contributed by atoms with van der Waals surface area (Å²) in [5.74, 6) is 2.77. The van der Waals surface area contributed by atoms with Crippen molar-refractivity contribution in [3.8, 4) is 0 Å². The maximum atomic E-state index is 12.6. The molecule has 3 rings (SSSR count). The van der Waals surface area contributed by atoms with E-state index < -0.39 is 0 Å². The molecule has 0 bridgehead atoms. The topological polar surface area (TPSA) is 51.0 Å². The van der Waals surface area contributed by atoms with Crippen LogP contribution < -0.4 is 0 Å². The number of nitrogens with zero attached hydrogens (tertiary/aromatic N) is 4. The molecule has 1 aromatic heterocycles. The summed E-state index contributed by atoms with van der Waals surface area (Å²) in [6.45, 7) is 9.12. The molecule has 2 atom stereocenters. The van der Waals surface area contributed by atoms with Gasteiger partial charge >= 0.3 is 0 Å². The monoisotopic (exact) mass is 372 g/mol. The number of benzene rings is 1. The zero-order chi connectivity index (χ0) is 18.5. The molecule has 140 valence electrons. The van der Waals surface area contributed by atoms with Crippen LogP contribution in [0.25, 0.3) is 0 Å². The summed E-state index contributed by atoms with van der Waals surface area (Å²) < 4.78 is 2.12. The standard InChI is InChI=1S/C20H28N4OS/c1-4-24-18(11-17-8-6-5-7-9-17)21-22-20(24)26-14-19(25)23-12-15(2)10-16(3)13-23/h5-9,15-16H,4,10-14H2,1-3H3/t15-,16-/m1/s1. The van der Waals surface area contributed by atoms with Crippen molar-refractivity contribution in [3.05, 3.63) is 41.7 Å². The third-order valence-corrected chi connectivity index (χ3v) is 5.81. The molecule has 0 N–H and O–H groups in total. The first-order chi connectivity index (χ1) is 12.6. The van der Waals surface area contributed by atoms with Gasteiger partial charge in [-0.3, -0.25) is 4.79 Å². The predicted molar refractivity (Wildman–Crippen MR) is 105 cm³/mol. The number of amides is 1. The second-order valence-electron chi connectivity index (χ2n) is 7.34. The first kappa shape index (κ1) is 19.0. The lowest BCUT2D eigenvalue weighted by atomic mass is 9.92. The van der Waals surface area contributed by atoms with E-state index in [2.05, 4.69) is 47.7 Å². The van der Waals surface area contributed by atoms with Crippen molar-refractivity contribution in [1.29, 1.82) is 0 Å². The zero-order valence-corrected chi connectivity index (χ0v) is 16.7. The fourth-order valence-electron chi connectivity index (χ4n) is 3.74. The number of aromatic nitrogens is 3. The van der Waals surface area contributed by atoms with Crippen molar-refractivity contribution < 1.29 is 4.79 Å². The Morgan fingerprint density at radius 2 is 1.85 bits per heavy atom. The molecule has 1 aliphatic heterocycles. The minimum absolute atomic E-state index is 0.212. The van der Waals surface area contributed by atoms with Gasteiger partial charge in [-0.05, 0) is 30.7 Å². The molecule has 6 heteroatoms. The molecule has 1 aliphatic rings. The number of carbonyl (C=O) groups excluding carboxylic acids is 1. The largest absolute Gasteiger partial charge is 0.341 e. The Hall–Kier alpha value is -1.82. The van der Waals surface area contributed by atoms with Gasteiger partial charge in [-0.15, -0.1) is 10.2 Å². The quantitative estimate of drug-likeness (QED) is 0.729. The van der Waals surface area contributed by atoms with Crippen LogP contribution in [0.4, 0.5) is 0 Å². The Bertz CT molecular complexity index is 721. The van der Waals surface area contributed by atoms with E-state index >= 15 is 0 Å². The molecule has 0 spiro atoms. The number of carbonyl (C=O) groups is 1. The third kappa shape index (κ3) is 4.67. The van der Waals surface area contributed by atoms with Crippen LogP contribution in [0.1, 0.15) is 38.6 Å². The minimum atomic E-state index is 0.212. The van der Waals surface area contributed by atoms with Gasteiger partial charge < -0.3 is 9.47 Å². The molecule has 1 amide bonds. The summed E-state index contributed by atoms with van der Waals surface area (Å²) in [5, 5.41) is 9.54. The van der Waals surface area contributed by atoms with E-state index in [0.717, 1.165) is 37.0 Å². The van der Waals surface area contributed by atoms with Crippen molar-refractivity contribution in [1.82, 2.24) is 19.7 Å². The molecular formula is C20H28N4OS. The molecule has 0 radical (unpaired) electrons. The lowest BCUT2D eigenvalue weighted by molar-refractivity contribution is -0.130. The molecule has 5 nitrogen and oxygen atoms in total. The van der Waals surface area contributed by atoms with Crippen molar-refractivity contribution in [2.45, 2.75) is 45.3 Å². The SMILES string of the molecule is CCn1c(Cc2ccccc2)nnc1SCC(=O)N1C[C@H](C)C[C@@H](C)C1. The van der Waals surface area contributed by atoms with E-state index in [4.69, 9.17) is 0 Å². The molecule has 1 fully saturated rings. The van der Waals surface area contributed by atoms with Crippen LogP contribution in [0.2, 0.25) is 0 Å². The molecule has 2 heterocycles. The van der Waals surface area contributed by atoms with Gasteiger partial charge in [0, 0.05) is 26.1 Å². The molecule has 0 unspecified atom stereocenters. The van der Waals surface area contributed by atoms with Gasteiger partial charge in [-0.25, -0.2) is 0 Å². The molecule has 0 aliphatic carbocycles. The molecule has 2 aromatic rings. The number of piperidine rings is 1. The second kappa shape index (κ2) is 8.71. The van der Waals surface area contributed by atoms with E-state index in [0.29, 0.717) is 17.6 Å². The number of hydrogen-bond donors (Lipinski definition) is 0. The fourth-order valence-corrected chi connectivity index (χ4v) is 4.66. The maximum absolute atomic E-state index is 12.6. The Kier molecular flexibility index (Phi) is 6.35. The van der Waals surface area contributed by atoms with Crippen LogP contribution in [-0.2, 0) is 17.8 Å². The average Bonchev–Trinajstić information content (AvgIpc) is 3.01. The Morgan fingerprint density at radius 3 is 2.50 bits per heavy atom. The first-order valence-electron chi connectivity index (χ1n) is 9.43. The van der Waals surface area contributed by atoms with Gasteiger partial charge in [0.2, 0.25) is 5.91 Å². The summed E-state index contributed by atoms with van der Waals surface area (Å²) in [4.78, 5) is 14.6. The van der Waals surface area contributed by atoms with Crippen molar-refractivity contribution in [2.24, 2.45) is 11.8 Å². The molecule has 1 aromatic carbocycles. The summed E-state index contributed by atoms with van der Waals surface area (Å²) in [5.41, 5.74) is 1.22. The van der Waals surface area contributed by atoms with E-state index in [-0.39, 0.29) is 5.91 Å². The van der Waals surface area contributed by atoms with Crippen LogP contribution in [0, 0.1) is 11.8 Å². The van der Waals surface area contributed by atoms with E-state index in [1.807, 2.05) is 23.1 Å². The van der Waals surface area contributed by atoms with Gasteiger partial charge in [0.25, 0.3) is 0 Å². The second-order valence-corrected chi connectivity index (χ2v) is 8.28. The molecule has 0 saturated carbocycles. The summed E-state index contributed by atoms with van der Waals surface area (Å²) >= 11 is 1.51. The van der Waals surface area contributed by atoms with Crippen LogP contribution in [-0.4, -0.2) is 44.4 Å². The van der Waals surface area contributed by atoms with Crippen LogP contribution in [0.3, 0.4) is 0 Å². The maximum Gasteiger partial charge on any atom is 0.233 e. The average molecular weight is 373 g/mol. The van der Waals surface area contributed by atoms with Crippen molar-refractivity contribution >= 4 is 17.7 Å². The third-order valence-electron chi connectivity index (χ3n) is 4.86. The number of thioether (sulfide) groups is 1. The normalized spacial score (nSPS) is 20.3. The van der Waals surface area contributed by atoms with Crippen molar-refractivity contribution in [3.63, 3.8) is 0 Å². The van der Waals surface area contributed by atoms with Crippen LogP contribution in [0.5, 0.6) is 0 Å². The fraction of sp³-hybridized carbons (Fsp3) is 0.550. The molecule has 26 heavy (non-hydrogen) atoms. The highest BCUT2D eigenvalue weighted by Gasteiger charge is 2.25. The van der Waals surface area contributed by atoms with E-state index in [1.165, 1.54) is 23.7 Å². The molecular weight excluding hydrogens is 344 g/mol. The molecule has 1 saturated heterocycles. The highest BCUT2D eigenvalue weighted by atomic mass is 32.2. The minimum Gasteiger partial charge on any atom is -0.341 e. The van der Waals surface area contributed by atoms with E-state index in [1.54, 1.807) is 0 Å². The lowest BCUT2D eigenvalue weighted by Crippen LogP contribution is -2.43. The summed E-state index contributed by atoms with van der Waals surface area (Å²) in [6.07, 6.45) is 1.97. The number of likely N-dealkylation sites (tertiary alicyclic amines) is 1. The first-order valence-corrected chi connectivity index (χ1v) is 10.4. The van der Waals surface area contributed by atoms with Crippen molar-refractivity contribution in [2.75, 3.05) is 18.8 Å². The van der Waals surface area contributed by atoms with Crippen LogP contribution in [0.15, 0.2) is 35.5 Å². The van der Waals surface area contributed by atoms with E-state index in [9.17, 15) is 4.79 Å². The lowest BCUT2D eigenvalue weighted by Gasteiger charge is -2.34. The predicted octanol–water partition coefficient (Wildman–Crippen LogP) is 3.49. The highest BCUT2D eigenvalue weighted by Crippen LogP contribution is 2.23. The van der Waals surface area contributed by atoms with Gasteiger partial charge in [0.15, 0.2) is 5.16 Å². The highest BCUT2D eigenvalue weighted by molar-refractivity contribution is 7.99. The zero-order valence-electron chi connectivity index (χ0n) is 15.9. The Labute approximate surface area is 160 Å². The van der Waals surface area contributed by atoms with Gasteiger partial charge in [-0.1, -0.05) is 55.9 Å². The number of rotatable bonds is 6. The number of hydrogen-bond acceptors (Lipinski definition) is 4. The smallest absolute Gasteiger partial charge is 0.233 e. The Morgan fingerprint density at radius 1 is 1.15 bits per heavy atom.